The predicted molar refractivity (Wildman–Crippen MR) is 99.6 cm³/mol. The van der Waals surface area contributed by atoms with Crippen molar-refractivity contribution in [3.8, 4) is 0 Å². The Kier molecular flexibility index (Phi) is 4.35. The van der Waals surface area contributed by atoms with Crippen LogP contribution in [0, 0.1) is 0 Å². The molecule has 0 amide bonds. The number of hydrogen-bond donors (Lipinski definition) is 2. The van der Waals surface area contributed by atoms with Gasteiger partial charge in [-0.1, -0.05) is 0 Å². The third-order valence-electron chi connectivity index (χ3n) is 4.46. The summed E-state index contributed by atoms with van der Waals surface area (Å²) in [4.78, 5) is 22.9. The van der Waals surface area contributed by atoms with Crippen molar-refractivity contribution in [2.45, 2.75) is 19.6 Å². The van der Waals surface area contributed by atoms with Gasteiger partial charge in [-0.15, -0.1) is 0 Å². The fourth-order valence-corrected chi connectivity index (χ4v) is 3.32. The molecule has 6 heteroatoms. The smallest absolute Gasteiger partial charge is 0.336 e. The zero-order valence-electron chi connectivity index (χ0n) is 14.3. The SMILES string of the molecule is O=c1ccc2cc(Cc3cc(CO)c4oc(=O)ccc4c3)cc(CO)c2o1. The molecule has 0 aliphatic carbocycles. The molecule has 0 unspecified atom stereocenters. The highest BCUT2D eigenvalue weighted by Crippen LogP contribution is 2.25. The van der Waals surface area contributed by atoms with E-state index < -0.39 is 11.3 Å². The molecular weight excluding hydrogens is 348 g/mol. The zero-order valence-corrected chi connectivity index (χ0v) is 14.3. The molecule has 0 fully saturated rings. The number of rotatable bonds is 4. The highest BCUT2D eigenvalue weighted by atomic mass is 16.4. The van der Waals surface area contributed by atoms with E-state index in [9.17, 15) is 19.8 Å². The van der Waals surface area contributed by atoms with E-state index in [0.717, 1.165) is 21.9 Å². The van der Waals surface area contributed by atoms with Crippen molar-refractivity contribution in [2.24, 2.45) is 0 Å². The summed E-state index contributed by atoms with van der Waals surface area (Å²) in [5.74, 6) is 0. The summed E-state index contributed by atoms with van der Waals surface area (Å²) in [5.41, 5.74) is 2.74. The fourth-order valence-electron chi connectivity index (χ4n) is 3.32. The van der Waals surface area contributed by atoms with Gasteiger partial charge in [0.05, 0.1) is 13.2 Å². The quantitative estimate of drug-likeness (QED) is 0.540. The first-order chi connectivity index (χ1) is 13.1. The van der Waals surface area contributed by atoms with Crippen LogP contribution >= 0.6 is 0 Å². The van der Waals surface area contributed by atoms with Gasteiger partial charge in [0.25, 0.3) is 0 Å². The molecule has 0 saturated carbocycles. The number of benzene rings is 2. The molecule has 136 valence electrons. The first-order valence-corrected chi connectivity index (χ1v) is 8.40. The Morgan fingerprint density at radius 2 is 1.11 bits per heavy atom. The van der Waals surface area contributed by atoms with E-state index in [-0.39, 0.29) is 13.2 Å². The average Bonchev–Trinajstić information content (AvgIpc) is 2.67. The van der Waals surface area contributed by atoms with Crippen molar-refractivity contribution >= 4 is 21.9 Å². The van der Waals surface area contributed by atoms with Crippen LogP contribution in [0.2, 0.25) is 0 Å². The number of fused-ring (bicyclic) bond motifs is 2. The van der Waals surface area contributed by atoms with Gasteiger partial charge in [0.2, 0.25) is 0 Å². The second-order valence-corrected chi connectivity index (χ2v) is 6.35. The van der Waals surface area contributed by atoms with Crippen molar-refractivity contribution < 1.29 is 19.0 Å². The average molecular weight is 364 g/mol. The predicted octanol–water partition coefficient (Wildman–Crippen LogP) is 2.47. The van der Waals surface area contributed by atoms with Gasteiger partial charge in [0, 0.05) is 34.0 Å². The van der Waals surface area contributed by atoms with Gasteiger partial charge >= 0.3 is 11.3 Å². The number of aliphatic hydroxyl groups excluding tert-OH is 2. The van der Waals surface area contributed by atoms with Gasteiger partial charge < -0.3 is 19.0 Å². The summed E-state index contributed by atoms with van der Waals surface area (Å²) in [7, 11) is 0. The molecule has 2 aromatic carbocycles. The molecule has 4 aromatic rings. The molecule has 0 radical (unpaired) electrons. The Hall–Kier alpha value is -3.22. The lowest BCUT2D eigenvalue weighted by atomic mass is 9.97. The summed E-state index contributed by atoms with van der Waals surface area (Å²) in [6.45, 7) is -0.496. The second-order valence-electron chi connectivity index (χ2n) is 6.35. The zero-order chi connectivity index (χ0) is 19.0. The molecule has 0 aliphatic rings. The minimum Gasteiger partial charge on any atom is -0.422 e. The minimum absolute atomic E-state index is 0.248. The van der Waals surface area contributed by atoms with Crippen LogP contribution in [0.1, 0.15) is 22.3 Å². The third-order valence-corrected chi connectivity index (χ3v) is 4.46. The Bertz CT molecular complexity index is 1170. The molecule has 27 heavy (non-hydrogen) atoms. The van der Waals surface area contributed by atoms with Crippen LogP contribution in [0.25, 0.3) is 21.9 Å². The van der Waals surface area contributed by atoms with Gasteiger partial charge in [-0.2, -0.15) is 0 Å². The van der Waals surface area contributed by atoms with E-state index in [0.29, 0.717) is 28.7 Å². The van der Waals surface area contributed by atoms with Gasteiger partial charge in [-0.25, -0.2) is 9.59 Å². The maximum Gasteiger partial charge on any atom is 0.336 e. The molecule has 0 bridgehead atoms. The van der Waals surface area contributed by atoms with Gasteiger partial charge in [-0.3, -0.25) is 0 Å². The summed E-state index contributed by atoms with van der Waals surface area (Å²) >= 11 is 0. The normalized spacial score (nSPS) is 11.3. The number of hydrogen-bond acceptors (Lipinski definition) is 6. The van der Waals surface area contributed by atoms with E-state index in [1.807, 2.05) is 12.1 Å². The van der Waals surface area contributed by atoms with Crippen molar-refractivity contribution in [2.75, 3.05) is 0 Å². The second kappa shape index (κ2) is 6.83. The molecule has 4 rings (SSSR count). The Morgan fingerprint density at radius 3 is 1.52 bits per heavy atom. The first-order valence-electron chi connectivity index (χ1n) is 8.40. The van der Waals surface area contributed by atoms with Crippen LogP contribution in [-0.2, 0) is 19.6 Å². The summed E-state index contributed by atoms with van der Waals surface area (Å²) in [5, 5.41) is 20.7. The molecule has 0 spiro atoms. The third kappa shape index (κ3) is 3.28. The van der Waals surface area contributed by atoms with Crippen molar-refractivity contribution in [3.05, 3.63) is 91.6 Å². The summed E-state index contributed by atoms with van der Waals surface area (Å²) in [6.07, 6.45) is 0.532. The van der Waals surface area contributed by atoms with Crippen LogP contribution in [-0.4, -0.2) is 10.2 Å². The Labute approximate surface area is 152 Å². The standard InChI is InChI=1S/C21H16O6/c22-10-16-8-12(6-14-1-3-18(24)26-20(14)16)5-13-7-15-2-4-19(25)27-21(15)17(9-13)11-23/h1-4,6-9,22-23H,5,10-11H2. The molecule has 6 nitrogen and oxygen atoms in total. The molecule has 2 aromatic heterocycles. The van der Waals surface area contributed by atoms with Crippen LogP contribution < -0.4 is 11.3 Å². The van der Waals surface area contributed by atoms with Gasteiger partial charge in [0.15, 0.2) is 0 Å². The van der Waals surface area contributed by atoms with Gasteiger partial charge in [-0.05, 0) is 53.9 Å². The topological polar surface area (TPSA) is 101 Å². The van der Waals surface area contributed by atoms with Crippen LogP contribution in [0.15, 0.2) is 67.0 Å². The van der Waals surface area contributed by atoms with Gasteiger partial charge in [0.1, 0.15) is 11.2 Å². The lowest BCUT2D eigenvalue weighted by molar-refractivity contribution is 0.281. The van der Waals surface area contributed by atoms with Crippen LogP contribution in [0.4, 0.5) is 0 Å². The van der Waals surface area contributed by atoms with E-state index in [1.54, 1.807) is 24.3 Å². The maximum absolute atomic E-state index is 11.4. The lowest BCUT2D eigenvalue weighted by Crippen LogP contribution is -2.01. The van der Waals surface area contributed by atoms with Crippen molar-refractivity contribution in [1.29, 1.82) is 0 Å². The van der Waals surface area contributed by atoms with Crippen LogP contribution in [0.5, 0.6) is 0 Å². The first kappa shape index (κ1) is 17.2. The van der Waals surface area contributed by atoms with E-state index >= 15 is 0 Å². The Balaban J connectivity index is 1.82. The largest absolute Gasteiger partial charge is 0.422 e. The monoisotopic (exact) mass is 364 g/mol. The summed E-state index contributed by atoms with van der Waals surface area (Å²) < 4.78 is 10.4. The number of aliphatic hydroxyl groups is 2. The fraction of sp³-hybridized carbons (Fsp3) is 0.143. The van der Waals surface area contributed by atoms with Crippen LogP contribution in [0.3, 0.4) is 0 Å². The molecule has 0 saturated heterocycles. The van der Waals surface area contributed by atoms with Crippen molar-refractivity contribution in [3.63, 3.8) is 0 Å². The molecule has 2 N–H and O–H groups in total. The molecule has 0 atom stereocenters. The van der Waals surface area contributed by atoms with Crippen molar-refractivity contribution in [1.82, 2.24) is 0 Å². The minimum atomic E-state index is -0.464. The highest BCUT2D eigenvalue weighted by molar-refractivity contribution is 5.82. The van der Waals surface area contributed by atoms with E-state index in [1.165, 1.54) is 12.1 Å². The Morgan fingerprint density at radius 1 is 0.667 bits per heavy atom. The van der Waals surface area contributed by atoms with E-state index in [2.05, 4.69) is 0 Å². The van der Waals surface area contributed by atoms with E-state index in [4.69, 9.17) is 8.83 Å². The highest BCUT2D eigenvalue weighted by Gasteiger charge is 2.10. The maximum atomic E-state index is 11.4. The molecule has 2 heterocycles. The lowest BCUT2D eigenvalue weighted by Gasteiger charge is -2.10. The molecular formula is C21H16O6. The molecule has 0 aliphatic heterocycles. The summed E-state index contributed by atoms with van der Waals surface area (Å²) in [6, 6.07) is 13.4.